The van der Waals surface area contributed by atoms with Crippen LogP contribution >= 0.6 is 0 Å². The van der Waals surface area contributed by atoms with E-state index in [1.165, 1.54) is 34.7 Å². The number of carbonyl (C=O) groups excluding carboxylic acids is 2. The van der Waals surface area contributed by atoms with Gasteiger partial charge in [0.2, 0.25) is 5.91 Å². The van der Waals surface area contributed by atoms with Crippen molar-refractivity contribution in [2.45, 2.75) is 6.92 Å². The molecule has 4 rings (SSSR count). The van der Waals surface area contributed by atoms with E-state index in [-0.39, 0.29) is 18.0 Å². The number of nitrogens with zero attached hydrogens (tertiary/aromatic N) is 3. The molecule has 4 aromatic rings. The Morgan fingerprint density at radius 2 is 1.76 bits per heavy atom. The SMILES string of the molecule is Cc1nc2ccccc2c(=O)n1-c1ccc(C(=O)N(C)CC(=O)Nc2cccc(F)c2)cc1. The molecule has 0 spiro atoms. The molecular weight excluding hydrogens is 423 g/mol. The number of carbonyl (C=O) groups is 2. The fraction of sp³-hybridized carbons (Fsp3) is 0.120. The molecule has 0 aliphatic carbocycles. The number of amides is 2. The summed E-state index contributed by atoms with van der Waals surface area (Å²) in [5.74, 6) is -0.744. The Kier molecular flexibility index (Phi) is 5.99. The van der Waals surface area contributed by atoms with Crippen LogP contribution in [-0.4, -0.2) is 39.9 Å². The van der Waals surface area contributed by atoms with Gasteiger partial charge in [0, 0.05) is 18.3 Å². The Labute approximate surface area is 189 Å². The average Bonchev–Trinajstić information content (AvgIpc) is 2.79. The number of anilines is 1. The third kappa shape index (κ3) is 4.64. The minimum absolute atomic E-state index is 0.191. The summed E-state index contributed by atoms with van der Waals surface area (Å²) in [6.45, 7) is 1.54. The standard InChI is InChI=1S/C25H21FN4O3/c1-16-27-22-9-4-3-8-21(22)25(33)30(16)20-12-10-17(11-13-20)24(32)29(2)15-23(31)28-19-7-5-6-18(26)14-19/h3-14H,15H2,1-2H3,(H,28,31). The molecule has 0 atom stereocenters. The van der Waals surface area contributed by atoms with E-state index in [1.807, 2.05) is 6.07 Å². The summed E-state index contributed by atoms with van der Waals surface area (Å²) in [5.41, 5.74) is 1.69. The van der Waals surface area contributed by atoms with Crippen molar-refractivity contribution >= 4 is 28.4 Å². The molecule has 166 valence electrons. The number of fused-ring (bicyclic) bond motifs is 1. The van der Waals surface area contributed by atoms with Crippen LogP contribution in [0.5, 0.6) is 0 Å². The smallest absolute Gasteiger partial charge is 0.265 e. The van der Waals surface area contributed by atoms with E-state index >= 15 is 0 Å². The number of hydrogen-bond donors (Lipinski definition) is 1. The van der Waals surface area contributed by atoms with Gasteiger partial charge in [0.25, 0.3) is 11.5 Å². The van der Waals surface area contributed by atoms with Crippen LogP contribution in [0.4, 0.5) is 10.1 Å². The minimum atomic E-state index is -0.465. The van der Waals surface area contributed by atoms with E-state index in [0.29, 0.717) is 33.7 Å². The van der Waals surface area contributed by atoms with Crippen LogP contribution in [0.1, 0.15) is 16.2 Å². The zero-order valence-electron chi connectivity index (χ0n) is 18.1. The Hall–Kier alpha value is -4.33. The van der Waals surface area contributed by atoms with Crippen LogP contribution < -0.4 is 10.9 Å². The van der Waals surface area contributed by atoms with Crippen LogP contribution in [0.2, 0.25) is 0 Å². The van der Waals surface area contributed by atoms with Gasteiger partial charge in [0.1, 0.15) is 11.6 Å². The number of halogens is 1. The Bertz CT molecular complexity index is 1410. The first-order valence-corrected chi connectivity index (χ1v) is 10.2. The first-order chi connectivity index (χ1) is 15.8. The quantitative estimate of drug-likeness (QED) is 0.510. The van der Waals surface area contributed by atoms with Crippen molar-refractivity contribution < 1.29 is 14.0 Å². The van der Waals surface area contributed by atoms with Crippen LogP contribution in [0.3, 0.4) is 0 Å². The molecule has 1 N–H and O–H groups in total. The highest BCUT2D eigenvalue weighted by molar-refractivity contribution is 5.99. The van der Waals surface area contributed by atoms with Gasteiger partial charge in [0.15, 0.2) is 0 Å². The zero-order chi connectivity index (χ0) is 23.5. The van der Waals surface area contributed by atoms with Crippen molar-refractivity contribution in [3.05, 3.63) is 100 Å². The summed E-state index contributed by atoms with van der Waals surface area (Å²) in [6.07, 6.45) is 0. The van der Waals surface area contributed by atoms with E-state index in [2.05, 4.69) is 10.3 Å². The molecule has 0 aliphatic heterocycles. The van der Waals surface area contributed by atoms with Crippen molar-refractivity contribution in [3.8, 4) is 5.69 Å². The average molecular weight is 444 g/mol. The lowest BCUT2D eigenvalue weighted by molar-refractivity contribution is -0.116. The Morgan fingerprint density at radius 1 is 1.03 bits per heavy atom. The van der Waals surface area contributed by atoms with E-state index in [0.717, 1.165) is 0 Å². The molecule has 0 bridgehead atoms. The van der Waals surface area contributed by atoms with Crippen molar-refractivity contribution in [3.63, 3.8) is 0 Å². The van der Waals surface area contributed by atoms with Gasteiger partial charge < -0.3 is 10.2 Å². The summed E-state index contributed by atoms with van der Waals surface area (Å²) in [4.78, 5) is 43.7. The monoisotopic (exact) mass is 444 g/mol. The van der Waals surface area contributed by atoms with Gasteiger partial charge >= 0.3 is 0 Å². The molecule has 0 radical (unpaired) electrons. The maximum atomic E-state index is 13.3. The minimum Gasteiger partial charge on any atom is -0.332 e. The van der Waals surface area contributed by atoms with Crippen molar-refractivity contribution in [1.82, 2.24) is 14.5 Å². The second-order valence-corrected chi connectivity index (χ2v) is 7.58. The number of aryl methyl sites for hydroxylation is 1. The molecule has 3 aromatic carbocycles. The fourth-order valence-corrected chi connectivity index (χ4v) is 3.58. The number of likely N-dealkylation sites (N-methyl/N-ethyl adjacent to an activating group) is 1. The number of benzene rings is 3. The Morgan fingerprint density at radius 3 is 2.48 bits per heavy atom. The lowest BCUT2D eigenvalue weighted by Gasteiger charge is -2.17. The predicted octanol–water partition coefficient (Wildman–Crippen LogP) is 3.54. The van der Waals surface area contributed by atoms with E-state index < -0.39 is 11.7 Å². The highest BCUT2D eigenvalue weighted by atomic mass is 19.1. The molecule has 0 saturated carbocycles. The van der Waals surface area contributed by atoms with Gasteiger partial charge in [-0.25, -0.2) is 9.37 Å². The molecule has 8 heteroatoms. The normalized spacial score (nSPS) is 10.8. The molecule has 0 fully saturated rings. The molecule has 0 unspecified atom stereocenters. The highest BCUT2D eigenvalue weighted by Crippen LogP contribution is 2.15. The zero-order valence-corrected chi connectivity index (χ0v) is 18.1. The lowest BCUT2D eigenvalue weighted by atomic mass is 10.1. The maximum absolute atomic E-state index is 13.3. The topological polar surface area (TPSA) is 84.3 Å². The van der Waals surface area contributed by atoms with Crippen LogP contribution in [0.15, 0.2) is 77.6 Å². The maximum Gasteiger partial charge on any atom is 0.265 e. The fourth-order valence-electron chi connectivity index (χ4n) is 3.58. The van der Waals surface area contributed by atoms with Gasteiger partial charge in [-0.3, -0.25) is 19.0 Å². The third-order valence-corrected chi connectivity index (χ3v) is 5.15. The lowest BCUT2D eigenvalue weighted by Crippen LogP contribution is -2.35. The van der Waals surface area contributed by atoms with Gasteiger partial charge in [0.05, 0.1) is 23.1 Å². The number of para-hydroxylation sites is 1. The van der Waals surface area contributed by atoms with E-state index in [1.54, 1.807) is 55.5 Å². The van der Waals surface area contributed by atoms with Crippen molar-refractivity contribution in [2.75, 3.05) is 18.9 Å². The molecule has 0 aliphatic rings. The number of nitrogens with one attached hydrogen (secondary N) is 1. The largest absolute Gasteiger partial charge is 0.332 e. The first-order valence-electron chi connectivity index (χ1n) is 10.2. The Balaban J connectivity index is 1.50. The molecule has 2 amide bonds. The molecule has 7 nitrogen and oxygen atoms in total. The van der Waals surface area contributed by atoms with Gasteiger partial charge in [-0.05, 0) is 61.5 Å². The van der Waals surface area contributed by atoms with Crippen LogP contribution in [0, 0.1) is 12.7 Å². The van der Waals surface area contributed by atoms with E-state index in [9.17, 15) is 18.8 Å². The summed E-state index contributed by atoms with van der Waals surface area (Å²) < 4.78 is 14.8. The van der Waals surface area contributed by atoms with Gasteiger partial charge in [-0.15, -0.1) is 0 Å². The van der Waals surface area contributed by atoms with Crippen molar-refractivity contribution in [1.29, 1.82) is 0 Å². The first kappa shape index (κ1) is 21.9. The second-order valence-electron chi connectivity index (χ2n) is 7.58. The molecular formula is C25H21FN4O3. The third-order valence-electron chi connectivity index (χ3n) is 5.15. The van der Waals surface area contributed by atoms with Gasteiger partial charge in [-0.2, -0.15) is 0 Å². The second kappa shape index (κ2) is 9.04. The summed E-state index contributed by atoms with van der Waals surface area (Å²) >= 11 is 0. The number of hydrogen-bond acceptors (Lipinski definition) is 4. The predicted molar refractivity (Wildman–Crippen MR) is 124 cm³/mol. The van der Waals surface area contributed by atoms with Crippen LogP contribution in [-0.2, 0) is 4.79 Å². The molecule has 33 heavy (non-hydrogen) atoms. The summed E-state index contributed by atoms with van der Waals surface area (Å²) in [5, 5.41) is 3.07. The summed E-state index contributed by atoms with van der Waals surface area (Å²) in [6, 6.07) is 19.2. The van der Waals surface area contributed by atoms with Gasteiger partial charge in [-0.1, -0.05) is 18.2 Å². The van der Waals surface area contributed by atoms with Crippen molar-refractivity contribution in [2.24, 2.45) is 0 Å². The van der Waals surface area contributed by atoms with Crippen LogP contribution in [0.25, 0.3) is 16.6 Å². The molecule has 0 saturated heterocycles. The number of rotatable bonds is 5. The van der Waals surface area contributed by atoms with E-state index in [4.69, 9.17) is 0 Å². The number of aromatic nitrogens is 2. The molecule has 1 aromatic heterocycles. The summed E-state index contributed by atoms with van der Waals surface area (Å²) in [7, 11) is 1.50. The highest BCUT2D eigenvalue weighted by Gasteiger charge is 2.16. The molecule has 1 heterocycles.